The number of hydrogen-bond donors (Lipinski definition) is 1. The number of nitrogens with zero attached hydrogens (tertiary/aromatic N) is 1. The number of amides is 2. The van der Waals surface area contributed by atoms with Crippen molar-refractivity contribution in [3.63, 3.8) is 0 Å². The van der Waals surface area contributed by atoms with Crippen molar-refractivity contribution in [2.45, 2.75) is 31.8 Å². The van der Waals surface area contributed by atoms with Gasteiger partial charge >= 0.3 is 0 Å². The monoisotopic (exact) mass is 332 g/mol. The number of Topliss-reactive ketones (excluding diaryl/α,β-unsaturated/α-hetero) is 1. The molecule has 1 aliphatic rings. The lowest BCUT2D eigenvalue weighted by atomic mass is 10.1. The van der Waals surface area contributed by atoms with E-state index < -0.39 is 17.7 Å². The molecular formula is C18H24N2O4. The van der Waals surface area contributed by atoms with Gasteiger partial charge in [0.2, 0.25) is 12.2 Å². The normalized spacial score (nSPS) is 14.7. The van der Waals surface area contributed by atoms with Gasteiger partial charge in [-0.05, 0) is 30.7 Å². The molecule has 1 saturated carbocycles. The van der Waals surface area contributed by atoms with Gasteiger partial charge in [0.1, 0.15) is 6.04 Å². The van der Waals surface area contributed by atoms with E-state index in [9.17, 15) is 14.4 Å². The third-order valence-corrected chi connectivity index (χ3v) is 4.11. The Morgan fingerprint density at radius 3 is 2.62 bits per heavy atom. The second-order valence-electron chi connectivity index (χ2n) is 6.08. The molecule has 0 saturated heterocycles. The number of benzene rings is 1. The number of hydrogen-bond acceptors (Lipinski definition) is 4. The van der Waals surface area contributed by atoms with Crippen LogP contribution in [0.4, 0.5) is 0 Å². The maximum absolute atomic E-state index is 12.5. The minimum Gasteiger partial charge on any atom is -0.385 e. The van der Waals surface area contributed by atoms with Crippen molar-refractivity contribution in [2.75, 3.05) is 20.3 Å². The van der Waals surface area contributed by atoms with Crippen LogP contribution < -0.4 is 5.32 Å². The van der Waals surface area contributed by atoms with E-state index in [2.05, 4.69) is 5.32 Å². The van der Waals surface area contributed by atoms with E-state index in [4.69, 9.17) is 4.74 Å². The molecule has 0 aromatic heterocycles. The third-order valence-electron chi connectivity index (χ3n) is 4.11. The molecule has 1 atom stereocenters. The maximum Gasteiger partial charge on any atom is 0.289 e. The zero-order chi connectivity index (χ0) is 17.4. The Morgan fingerprint density at radius 2 is 2.04 bits per heavy atom. The fraction of sp³-hybridized carbons (Fsp3) is 0.500. The molecule has 0 aliphatic heterocycles. The summed E-state index contributed by atoms with van der Waals surface area (Å²) in [5, 5.41) is 2.67. The quantitative estimate of drug-likeness (QED) is 0.487. The molecule has 0 bridgehead atoms. The molecule has 1 aromatic carbocycles. The molecule has 2 rings (SSSR count). The first-order valence-corrected chi connectivity index (χ1v) is 8.21. The lowest BCUT2D eigenvalue weighted by molar-refractivity contribution is -0.143. The molecule has 6 nitrogen and oxygen atoms in total. The number of methoxy groups -OCH3 is 1. The Hall–Kier alpha value is -2.21. The summed E-state index contributed by atoms with van der Waals surface area (Å²) in [5.74, 6) is -0.718. The summed E-state index contributed by atoms with van der Waals surface area (Å²) in [4.78, 5) is 37.5. The predicted octanol–water partition coefficient (Wildman–Crippen LogP) is 1.15. The Balaban J connectivity index is 2.03. The first kappa shape index (κ1) is 18.1. The summed E-state index contributed by atoms with van der Waals surface area (Å²) in [5.41, 5.74) is 0.901. The number of ether oxygens (including phenoxy) is 1. The first-order chi connectivity index (χ1) is 11.7. The molecule has 6 heteroatoms. The average Bonchev–Trinajstić information content (AvgIpc) is 3.43. The number of rotatable bonds is 11. The Labute approximate surface area is 142 Å². The van der Waals surface area contributed by atoms with E-state index in [0.717, 1.165) is 18.4 Å². The van der Waals surface area contributed by atoms with E-state index in [1.807, 2.05) is 30.3 Å². The third kappa shape index (κ3) is 5.45. The summed E-state index contributed by atoms with van der Waals surface area (Å²) in [6.07, 6.45) is 3.10. The van der Waals surface area contributed by atoms with Crippen LogP contribution in [0.1, 0.15) is 24.8 Å². The standard InChI is InChI=1S/C18H24N2O4/c1-24-10-9-16(17(22)18(23)19-11-14-7-8-14)20(13-21)12-15-5-3-2-4-6-15/h2-6,13-14,16H,7-12H2,1H3,(H,19,23). The zero-order valence-electron chi connectivity index (χ0n) is 13.9. The van der Waals surface area contributed by atoms with Gasteiger partial charge in [0.15, 0.2) is 0 Å². The van der Waals surface area contributed by atoms with E-state index >= 15 is 0 Å². The van der Waals surface area contributed by atoms with Crippen molar-refractivity contribution < 1.29 is 19.1 Å². The van der Waals surface area contributed by atoms with Crippen LogP contribution in [-0.2, 0) is 25.7 Å². The first-order valence-electron chi connectivity index (χ1n) is 8.21. The molecule has 130 valence electrons. The number of carbonyl (C=O) groups is 3. The van der Waals surface area contributed by atoms with Gasteiger partial charge < -0.3 is 15.0 Å². The molecule has 1 aromatic rings. The average molecular weight is 332 g/mol. The molecule has 2 amide bonds. The minimum atomic E-state index is -0.818. The summed E-state index contributed by atoms with van der Waals surface area (Å²) in [6, 6.07) is 8.55. The van der Waals surface area contributed by atoms with Gasteiger partial charge in [-0.3, -0.25) is 14.4 Å². The topological polar surface area (TPSA) is 75.7 Å². The molecule has 1 aliphatic carbocycles. The molecule has 24 heavy (non-hydrogen) atoms. The lowest BCUT2D eigenvalue weighted by Crippen LogP contribution is -2.47. The molecular weight excluding hydrogens is 308 g/mol. The smallest absolute Gasteiger partial charge is 0.289 e. The fourth-order valence-corrected chi connectivity index (χ4v) is 2.49. The van der Waals surface area contributed by atoms with E-state index in [1.165, 1.54) is 12.0 Å². The van der Waals surface area contributed by atoms with Crippen LogP contribution in [0.2, 0.25) is 0 Å². The van der Waals surface area contributed by atoms with Gasteiger partial charge in [-0.1, -0.05) is 30.3 Å². The summed E-state index contributed by atoms with van der Waals surface area (Å²) in [6.45, 7) is 1.10. The summed E-state index contributed by atoms with van der Waals surface area (Å²) in [7, 11) is 1.52. The van der Waals surface area contributed by atoms with E-state index in [1.54, 1.807) is 0 Å². The molecule has 0 spiro atoms. The second-order valence-corrected chi connectivity index (χ2v) is 6.08. The Morgan fingerprint density at radius 1 is 1.33 bits per heavy atom. The highest BCUT2D eigenvalue weighted by atomic mass is 16.5. The highest BCUT2D eigenvalue weighted by Crippen LogP contribution is 2.27. The Kier molecular flexibility index (Phi) is 6.93. The van der Waals surface area contributed by atoms with Crippen molar-refractivity contribution in [3.05, 3.63) is 35.9 Å². The largest absolute Gasteiger partial charge is 0.385 e. The molecule has 1 unspecified atom stereocenters. The van der Waals surface area contributed by atoms with Crippen LogP contribution in [-0.4, -0.2) is 49.3 Å². The Bertz CT molecular complexity index is 557. The predicted molar refractivity (Wildman–Crippen MR) is 89.1 cm³/mol. The van der Waals surface area contributed by atoms with E-state index in [0.29, 0.717) is 25.5 Å². The van der Waals surface area contributed by atoms with Crippen LogP contribution in [0, 0.1) is 5.92 Å². The van der Waals surface area contributed by atoms with Gasteiger partial charge in [0.25, 0.3) is 5.91 Å². The van der Waals surface area contributed by atoms with Crippen molar-refractivity contribution >= 4 is 18.1 Å². The van der Waals surface area contributed by atoms with Crippen molar-refractivity contribution in [1.82, 2.24) is 10.2 Å². The van der Waals surface area contributed by atoms with Crippen LogP contribution in [0.25, 0.3) is 0 Å². The SMILES string of the molecule is COCCC(C(=O)C(=O)NCC1CC1)N(C=O)Cc1ccccc1. The van der Waals surface area contributed by atoms with Gasteiger partial charge in [0.05, 0.1) is 0 Å². The number of carbonyl (C=O) groups excluding carboxylic acids is 3. The summed E-state index contributed by atoms with van der Waals surface area (Å²) < 4.78 is 5.03. The highest BCUT2D eigenvalue weighted by Gasteiger charge is 2.31. The van der Waals surface area contributed by atoms with Gasteiger partial charge in [0, 0.05) is 26.8 Å². The van der Waals surface area contributed by atoms with Crippen LogP contribution in [0.3, 0.4) is 0 Å². The van der Waals surface area contributed by atoms with E-state index in [-0.39, 0.29) is 13.0 Å². The maximum atomic E-state index is 12.5. The molecule has 1 N–H and O–H groups in total. The zero-order valence-corrected chi connectivity index (χ0v) is 13.9. The number of ketones is 1. The number of nitrogens with one attached hydrogen (secondary N) is 1. The minimum absolute atomic E-state index is 0.278. The van der Waals surface area contributed by atoms with Crippen LogP contribution >= 0.6 is 0 Å². The van der Waals surface area contributed by atoms with Gasteiger partial charge in [-0.15, -0.1) is 0 Å². The fourth-order valence-electron chi connectivity index (χ4n) is 2.49. The second kappa shape index (κ2) is 9.17. The van der Waals surface area contributed by atoms with Gasteiger partial charge in [-0.25, -0.2) is 0 Å². The summed E-state index contributed by atoms with van der Waals surface area (Å²) >= 11 is 0. The molecule has 0 radical (unpaired) electrons. The highest BCUT2D eigenvalue weighted by molar-refractivity contribution is 6.38. The van der Waals surface area contributed by atoms with Crippen molar-refractivity contribution in [3.8, 4) is 0 Å². The molecule has 0 heterocycles. The van der Waals surface area contributed by atoms with Gasteiger partial charge in [-0.2, -0.15) is 0 Å². The van der Waals surface area contributed by atoms with Crippen molar-refractivity contribution in [2.24, 2.45) is 5.92 Å². The van der Waals surface area contributed by atoms with Crippen LogP contribution in [0.15, 0.2) is 30.3 Å². The lowest BCUT2D eigenvalue weighted by Gasteiger charge is -2.26. The molecule has 1 fully saturated rings. The van der Waals surface area contributed by atoms with Crippen LogP contribution in [0.5, 0.6) is 0 Å². The van der Waals surface area contributed by atoms with Crippen molar-refractivity contribution in [1.29, 1.82) is 0 Å².